The summed E-state index contributed by atoms with van der Waals surface area (Å²) < 4.78 is 17.0. The molecule has 0 atom stereocenters. The molecule has 0 radical (unpaired) electrons. The van der Waals surface area contributed by atoms with Crippen LogP contribution in [-0.2, 0) is 0 Å². The van der Waals surface area contributed by atoms with Gasteiger partial charge in [0.15, 0.2) is 0 Å². The van der Waals surface area contributed by atoms with E-state index in [9.17, 15) is 4.39 Å². The second kappa shape index (κ2) is 6.68. The van der Waals surface area contributed by atoms with Crippen molar-refractivity contribution >= 4 is 27.9 Å². The highest BCUT2D eigenvalue weighted by molar-refractivity contribution is 6.93. The van der Waals surface area contributed by atoms with Crippen molar-refractivity contribution in [2.45, 2.75) is 6.10 Å². The number of rotatable bonds is 2. The molecule has 1 aliphatic heterocycles. The smallest absolute Gasteiger partial charge is 0.313 e. The minimum Gasteiger partial charge on any atom is -0.488 e. The molecule has 1 saturated heterocycles. The fourth-order valence-electron chi connectivity index (χ4n) is 1.05. The van der Waals surface area contributed by atoms with Gasteiger partial charge in [-0.15, -0.1) is 0 Å². The highest BCUT2D eigenvalue weighted by Crippen LogP contribution is 2.14. The van der Waals surface area contributed by atoms with Crippen LogP contribution in [0.3, 0.4) is 0 Å². The van der Waals surface area contributed by atoms with Gasteiger partial charge in [0.25, 0.3) is 0 Å². The van der Waals surface area contributed by atoms with E-state index >= 15 is 0 Å². The molecule has 0 aromatic heterocycles. The lowest BCUT2D eigenvalue weighted by atomic mass is 10.2. The Morgan fingerprint density at radius 1 is 1.31 bits per heavy atom. The van der Waals surface area contributed by atoms with E-state index in [1.807, 2.05) is 0 Å². The lowest BCUT2D eigenvalue weighted by molar-refractivity contribution is 0.142. The van der Waals surface area contributed by atoms with E-state index in [4.69, 9.17) is 9.53 Å². The number of halogens is 3. The largest absolute Gasteiger partial charge is 0.488 e. The average Bonchev–Trinajstić information content (AvgIpc) is 2.13. The van der Waals surface area contributed by atoms with Crippen molar-refractivity contribution in [3.63, 3.8) is 0 Å². The Kier molecular flexibility index (Phi) is 5.52. The number of benzene rings is 1. The second-order valence-electron chi connectivity index (χ2n) is 3.08. The third-order valence-corrected chi connectivity index (χ3v) is 1.86. The predicted molar refractivity (Wildman–Crippen MR) is 60.8 cm³/mol. The molecule has 1 aliphatic rings. The molecule has 0 spiro atoms. The molecular formula is C10H10Cl2FNO2. The van der Waals surface area contributed by atoms with Crippen LogP contribution in [0.25, 0.3) is 0 Å². The Labute approximate surface area is 102 Å². The number of nitrogens with one attached hydrogen (secondary N) is 1. The molecule has 0 aliphatic carbocycles. The van der Waals surface area contributed by atoms with E-state index in [1.54, 1.807) is 12.1 Å². The number of carbonyl (C=O) groups is 1. The van der Waals surface area contributed by atoms with E-state index in [1.165, 1.54) is 12.1 Å². The predicted octanol–water partition coefficient (Wildman–Crippen LogP) is 2.76. The minimum absolute atomic E-state index is 0.228. The SMILES string of the molecule is Fc1ccc(OC2CNC2)cc1.O=C(Cl)Cl. The van der Waals surface area contributed by atoms with Gasteiger partial charge in [-0.2, -0.15) is 0 Å². The summed E-state index contributed by atoms with van der Waals surface area (Å²) >= 11 is 8.80. The van der Waals surface area contributed by atoms with Gasteiger partial charge in [0.2, 0.25) is 0 Å². The molecule has 6 heteroatoms. The van der Waals surface area contributed by atoms with Crippen LogP contribution in [-0.4, -0.2) is 23.9 Å². The lowest BCUT2D eigenvalue weighted by Crippen LogP contribution is -2.50. The molecule has 16 heavy (non-hydrogen) atoms. The van der Waals surface area contributed by atoms with Crippen molar-refractivity contribution in [1.82, 2.24) is 5.32 Å². The summed E-state index contributed by atoms with van der Waals surface area (Å²) in [6, 6.07) is 6.10. The Morgan fingerprint density at radius 2 is 1.81 bits per heavy atom. The van der Waals surface area contributed by atoms with Gasteiger partial charge in [-0.05, 0) is 47.5 Å². The van der Waals surface area contributed by atoms with Crippen molar-refractivity contribution < 1.29 is 13.9 Å². The van der Waals surface area contributed by atoms with Crippen molar-refractivity contribution in [3.05, 3.63) is 30.1 Å². The van der Waals surface area contributed by atoms with Crippen LogP contribution in [0.15, 0.2) is 24.3 Å². The van der Waals surface area contributed by atoms with Crippen LogP contribution >= 0.6 is 23.2 Å². The number of hydrogen-bond donors (Lipinski definition) is 1. The zero-order valence-electron chi connectivity index (χ0n) is 8.25. The zero-order valence-corrected chi connectivity index (χ0v) is 9.76. The molecule has 0 bridgehead atoms. The molecule has 0 unspecified atom stereocenters. The molecule has 0 amide bonds. The van der Waals surface area contributed by atoms with Gasteiger partial charge in [0, 0.05) is 13.1 Å². The topological polar surface area (TPSA) is 38.3 Å². The Balaban J connectivity index is 0.000000280. The standard InChI is InChI=1S/C9H10FNO.CCl2O/c10-7-1-3-8(4-2-7)12-9-5-11-6-9;2-1(3)4/h1-4,9,11H,5-6H2;. The summed E-state index contributed by atoms with van der Waals surface area (Å²) in [5.74, 6) is 0.511. The fraction of sp³-hybridized carbons (Fsp3) is 0.300. The highest BCUT2D eigenvalue weighted by atomic mass is 35.5. The summed E-state index contributed by atoms with van der Waals surface area (Å²) in [6.07, 6.45) is 0.260. The molecule has 0 saturated carbocycles. The Morgan fingerprint density at radius 3 is 2.19 bits per heavy atom. The maximum Gasteiger partial charge on any atom is 0.313 e. The summed E-state index contributed by atoms with van der Waals surface area (Å²) in [7, 11) is 0. The highest BCUT2D eigenvalue weighted by Gasteiger charge is 2.17. The number of ether oxygens (including phenoxy) is 1. The first-order valence-corrected chi connectivity index (χ1v) is 5.31. The van der Waals surface area contributed by atoms with Gasteiger partial charge in [-0.25, -0.2) is 4.39 Å². The molecule has 1 N–H and O–H groups in total. The normalized spacial score (nSPS) is 14.4. The number of carbonyl (C=O) groups excluding carboxylic acids is 1. The van der Waals surface area contributed by atoms with Crippen LogP contribution in [0, 0.1) is 5.82 Å². The van der Waals surface area contributed by atoms with Gasteiger partial charge in [-0.3, -0.25) is 4.79 Å². The van der Waals surface area contributed by atoms with Gasteiger partial charge in [-0.1, -0.05) is 0 Å². The van der Waals surface area contributed by atoms with Crippen LogP contribution in [0.1, 0.15) is 0 Å². The quantitative estimate of drug-likeness (QED) is 0.836. The third-order valence-electron chi connectivity index (χ3n) is 1.86. The monoisotopic (exact) mass is 265 g/mol. The van der Waals surface area contributed by atoms with Gasteiger partial charge >= 0.3 is 4.70 Å². The van der Waals surface area contributed by atoms with Crippen molar-refractivity contribution in [3.8, 4) is 5.75 Å². The first-order chi connectivity index (χ1) is 7.58. The van der Waals surface area contributed by atoms with E-state index in [0.29, 0.717) is 0 Å². The van der Waals surface area contributed by atoms with Crippen LogP contribution in [0.2, 0.25) is 0 Å². The maximum atomic E-state index is 12.5. The third kappa shape index (κ3) is 5.30. The van der Waals surface area contributed by atoms with Crippen LogP contribution in [0.4, 0.5) is 9.18 Å². The van der Waals surface area contributed by atoms with Crippen LogP contribution in [0.5, 0.6) is 5.75 Å². The van der Waals surface area contributed by atoms with Gasteiger partial charge < -0.3 is 10.1 Å². The van der Waals surface area contributed by atoms with E-state index in [0.717, 1.165) is 18.8 Å². The van der Waals surface area contributed by atoms with Crippen molar-refractivity contribution in [1.29, 1.82) is 0 Å². The average molecular weight is 266 g/mol. The Bertz CT molecular complexity index is 337. The van der Waals surface area contributed by atoms with E-state index in [-0.39, 0.29) is 11.9 Å². The molecule has 88 valence electrons. The van der Waals surface area contributed by atoms with Crippen molar-refractivity contribution in [2.24, 2.45) is 0 Å². The van der Waals surface area contributed by atoms with E-state index in [2.05, 4.69) is 28.5 Å². The first-order valence-electron chi connectivity index (χ1n) is 4.56. The first kappa shape index (κ1) is 13.2. The van der Waals surface area contributed by atoms with Gasteiger partial charge in [0.05, 0.1) is 0 Å². The Hall–Kier alpha value is -0.840. The summed E-state index contributed by atoms with van der Waals surface area (Å²) in [4.78, 5) is 8.98. The minimum atomic E-state index is -0.889. The molecule has 1 fully saturated rings. The number of hydrogen-bond acceptors (Lipinski definition) is 3. The van der Waals surface area contributed by atoms with E-state index < -0.39 is 4.70 Å². The molecular weight excluding hydrogens is 256 g/mol. The zero-order chi connectivity index (χ0) is 12.0. The molecule has 3 nitrogen and oxygen atoms in total. The van der Waals surface area contributed by atoms with Crippen LogP contribution < -0.4 is 10.1 Å². The second-order valence-corrected chi connectivity index (χ2v) is 3.96. The van der Waals surface area contributed by atoms with Crippen molar-refractivity contribution in [2.75, 3.05) is 13.1 Å². The summed E-state index contributed by atoms with van der Waals surface area (Å²) in [6.45, 7) is 1.77. The molecule has 1 heterocycles. The summed E-state index contributed by atoms with van der Waals surface area (Å²) in [5.41, 5.74) is 0. The molecule has 2 rings (SSSR count). The molecule has 1 aromatic rings. The summed E-state index contributed by atoms with van der Waals surface area (Å²) in [5, 5.41) is 3.09. The maximum absolute atomic E-state index is 12.5. The van der Waals surface area contributed by atoms with Gasteiger partial charge in [0.1, 0.15) is 17.7 Å². The fourth-order valence-corrected chi connectivity index (χ4v) is 1.05. The molecule has 1 aromatic carbocycles. The lowest BCUT2D eigenvalue weighted by Gasteiger charge is -2.27.